The predicted molar refractivity (Wildman–Crippen MR) is 228 cm³/mol. The lowest BCUT2D eigenvalue weighted by Gasteiger charge is -2.28. The summed E-state index contributed by atoms with van der Waals surface area (Å²) < 4.78 is 30.2. The van der Waals surface area contributed by atoms with Gasteiger partial charge in [-0.2, -0.15) is 0 Å². The molecule has 2 aliphatic heterocycles. The molecule has 4 aromatic carbocycles. The maximum absolute atomic E-state index is 14.3. The van der Waals surface area contributed by atoms with Gasteiger partial charge < -0.3 is 30.2 Å². The van der Waals surface area contributed by atoms with Gasteiger partial charge in [-0.25, -0.2) is 8.42 Å². The SMILES string of the molecule is CN1CCCN[C@@H](Cc2ccc(S(C)(=O)=O)cc2)CC(=O)N[C@H]2CCc3ccccc3N(CC(=O)N[C@H](Cc3ccc(Cl)c(-c4cc5ccccc5o4)c3)CC1=O)C2=O. The summed E-state index contributed by atoms with van der Waals surface area (Å²) >= 11 is 6.68. The van der Waals surface area contributed by atoms with Gasteiger partial charge in [-0.15, -0.1) is 0 Å². The Bertz CT molecular complexity index is 2440. The minimum absolute atomic E-state index is 0.00752. The molecule has 2 aliphatic rings. The number of rotatable bonds is 6. The maximum atomic E-state index is 14.3. The van der Waals surface area contributed by atoms with E-state index in [1.807, 2.05) is 60.7 Å². The molecule has 0 saturated carbocycles. The second-order valence-corrected chi connectivity index (χ2v) is 17.9. The van der Waals surface area contributed by atoms with Gasteiger partial charge >= 0.3 is 0 Å². The van der Waals surface area contributed by atoms with Crippen LogP contribution in [0.15, 0.2) is 106 Å². The van der Waals surface area contributed by atoms with E-state index in [-0.39, 0.29) is 42.1 Å². The van der Waals surface area contributed by atoms with Crippen LogP contribution in [0, 0.1) is 0 Å². The number of anilines is 1. The molecule has 308 valence electrons. The van der Waals surface area contributed by atoms with Crippen LogP contribution in [0.2, 0.25) is 5.02 Å². The lowest BCUT2D eigenvalue weighted by atomic mass is 9.99. The number of amides is 4. The van der Waals surface area contributed by atoms with Crippen LogP contribution in [-0.4, -0.2) is 88.0 Å². The summed E-state index contributed by atoms with van der Waals surface area (Å²) in [6.07, 6.45) is 3.36. The van der Waals surface area contributed by atoms with Crippen LogP contribution in [0.4, 0.5) is 5.69 Å². The number of carbonyl (C=O) groups is 4. The Morgan fingerprint density at radius 3 is 2.32 bits per heavy atom. The van der Waals surface area contributed by atoms with E-state index in [1.54, 1.807) is 48.3 Å². The van der Waals surface area contributed by atoms with E-state index in [0.717, 1.165) is 33.9 Å². The molecule has 1 aromatic heterocycles. The highest BCUT2D eigenvalue weighted by atomic mass is 35.5. The number of halogens is 1. The van der Waals surface area contributed by atoms with E-state index in [9.17, 15) is 27.6 Å². The van der Waals surface area contributed by atoms with E-state index < -0.39 is 33.7 Å². The van der Waals surface area contributed by atoms with Crippen molar-refractivity contribution in [3.63, 3.8) is 0 Å². The Labute approximate surface area is 349 Å². The standard InChI is InChI=1S/C45H48ClN5O7S/c1-50-21-7-20-47-33(22-29-12-16-35(17-13-29)59(2,56)57)26-42(52)49-38-19-15-31-8-3-5-10-39(31)51(45(38)55)28-43(53)48-34(27-44(50)54)23-30-14-18-37(46)36(24-30)41-25-32-9-4-6-11-40(32)58-41/h3-6,8-14,16-18,24-25,33-34,38,47H,7,15,19-23,26-28H2,1-2H3,(H,48,53)(H,49,52)/t33-,34+,38-/m0/s1. The first kappa shape index (κ1) is 41.7. The fourth-order valence-corrected chi connectivity index (χ4v) is 8.70. The summed E-state index contributed by atoms with van der Waals surface area (Å²) in [6.45, 7) is 0.589. The van der Waals surface area contributed by atoms with Crippen LogP contribution in [0.25, 0.3) is 22.3 Å². The minimum atomic E-state index is -3.37. The second kappa shape index (κ2) is 18.2. The smallest absolute Gasteiger partial charge is 0.250 e. The van der Waals surface area contributed by atoms with Crippen LogP contribution in [0.5, 0.6) is 0 Å². The van der Waals surface area contributed by atoms with Crippen molar-refractivity contribution in [2.45, 2.75) is 68.0 Å². The van der Waals surface area contributed by atoms with E-state index in [4.69, 9.17) is 16.0 Å². The molecule has 4 amide bonds. The Kier molecular flexibility index (Phi) is 12.8. The topological polar surface area (TPSA) is 158 Å². The van der Waals surface area contributed by atoms with Crippen molar-refractivity contribution in [1.29, 1.82) is 0 Å². The fourth-order valence-electron chi connectivity index (χ4n) is 7.86. The van der Waals surface area contributed by atoms with Crippen molar-refractivity contribution in [3.8, 4) is 11.3 Å². The number of para-hydroxylation sites is 2. The first-order valence-corrected chi connectivity index (χ1v) is 22.1. The van der Waals surface area contributed by atoms with Gasteiger partial charge in [0.1, 0.15) is 23.9 Å². The summed E-state index contributed by atoms with van der Waals surface area (Å²) in [5, 5.41) is 10.9. The molecule has 1 fully saturated rings. The van der Waals surface area contributed by atoms with Gasteiger partial charge in [0.15, 0.2) is 9.84 Å². The average molecular weight is 838 g/mol. The molecule has 1 saturated heterocycles. The zero-order chi connectivity index (χ0) is 41.7. The van der Waals surface area contributed by atoms with E-state index in [1.165, 1.54) is 4.90 Å². The molecule has 3 atom stereocenters. The van der Waals surface area contributed by atoms with Gasteiger partial charge in [0, 0.05) is 61.4 Å². The number of hydrogen-bond donors (Lipinski definition) is 3. The zero-order valence-corrected chi connectivity index (χ0v) is 34.7. The third kappa shape index (κ3) is 10.4. The second-order valence-electron chi connectivity index (χ2n) is 15.5. The molecule has 3 N–H and O–H groups in total. The van der Waals surface area contributed by atoms with Crippen molar-refractivity contribution in [1.82, 2.24) is 20.9 Å². The zero-order valence-electron chi connectivity index (χ0n) is 33.1. The molecule has 3 heterocycles. The van der Waals surface area contributed by atoms with Crippen LogP contribution in [0.3, 0.4) is 0 Å². The van der Waals surface area contributed by atoms with Gasteiger partial charge in [-0.1, -0.05) is 66.2 Å². The van der Waals surface area contributed by atoms with Gasteiger partial charge in [0.05, 0.1) is 9.92 Å². The first-order chi connectivity index (χ1) is 28.3. The van der Waals surface area contributed by atoms with Gasteiger partial charge in [-0.05, 0) is 97.8 Å². The predicted octanol–water partition coefficient (Wildman–Crippen LogP) is 5.49. The number of hydrogen-bond acceptors (Lipinski definition) is 8. The van der Waals surface area contributed by atoms with Crippen LogP contribution < -0.4 is 20.9 Å². The normalized spacial score (nSPS) is 20.3. The Hall–Kier alpha value is -5.50. The average Bonchev–Trinajstić information content (AvgIpc) is 3.59. The highest BCUT2D eigenvalue weighted by Crippen LogP contribution is 2.34. The molecule has 0 radical (unpaired) electrons. The van der Waals surface area contributed by atoms with Crippen molar-refractivity contribution >= 4 is 61.7 Å². The number of fused-ring (bicyclic) bond motifs is 5. The van der Waals surface area contributed by atoms with Crippen LogP contribution >= 0.6 is 11.6 Å². The molecule has 5 aromatic rings. The number of nitrogens with zero attached hydrogens (tertiary/aromatic N) is 2. The molecular weight excluding hydrogens is 790 g/mol. The summed E-state index contributed by atoms with van der Waals surface area (Å²) in [4.78, 5) is 59.1. The third-order valence-corrected chi connectivity index (χ3v) is 12.4. The van der Waals surface area contributed by atoms with Crippen molar-refractivity contribution in [2.24, 2.45) is 0 Å². The van der Waals surface area contributed by atoms with Gasteiger partial charge in [-0.3, -0.25) is 19.2 Å². The largest absolute Gasteiger partial charge is 0.456 e. The monoisotopic (exact) mass is 837 g/mol. The van der Waals surface area contributed by atoms with Crippen molar-refractivity contribution in [2.75, 3.05) is 37.8 Å². The van der Waals surface area contributed by atoms with Gasteiger partial charge in [0.25, 0.3) is 0 Å². The van der Waals surface area contributed by atoms with Crippen LogP contribution in [-0.2, 0) is 48.3 Å². The number of nitrogens with one attached hydrogen (secondary N) is 3. The Morgan fingerprint density at radius 2 is 1.54 bits per heavy atom. The van der Waals surface area contributed by atoms with E-state index in [2.05, 4.69) is 16.0 Å². The Morgan fingerprint density at radius 1 is 0.814 bits per heavy atom. The maximum Gasteiger partial charge on any atom is 0.250 e. The molecule has 59 heavy (non-hydrogen) atoms. The Balaban J connectivity index is 1.15. The molecule has 7 rings (SSSR count). The van der Waals surface area contributed by atoms with E-state index in [0.29, 0.717) is 67.2 Å². The molecule has 12 nitrogen and oxygen atoms in total. The molecular formula is C45H48ClN5O7S. The number of aryl methyl sites for hydroxylation is 1. The van der Waals surface area contributed by atoms with Crippen molar-refractivity contribution < 1.29 is 32.0 Å². The summed E-state index contributed by atoms with van der Waals surface area (Å²) in [5.74, 6) is -0.743. The number of sulfone groups is 1. The van der Waals surface area contributed by atoms with Crippen LogP contribution in [0.1, 0.15) is 42.4 Å². The fraction of sp³-hybridized carbons (Fsp3) is 0.333. The highest BCUT2D eigenvalue weighted by Gasteiger charge is 2.34. The number of furan rings is 1. The van der Waals surface area contributed by atoms with Gasteiger partial charge in [0.2, 0.25) is 23.6 Å². The molecule has 14 heteroatoms. The summed E-state index contributed by atoms with van der Waals surface area (Å²) in [7, 11) is -1.65. The summed E-state index contributed by atoms with van der Waals surface area (Å²) in [5.41, 5.74) is 4.55. The number of benzene rings is 4. The lowest BCUT2D eigenvalue weighted by molar-refractivity contribution is -0.131. The molecule has 2 bridgehead atoms. The molecule has 0 aliphatic carbocycles. The lowest BCUT2D eigenvalue weighted by Crippen LogP contribution is -2.52. The summed E-state index contributed by atoms with van der Waals surface area (Å²) in [6, 6.07) is 27.3. The van der Waals surface area contributed by atoms with E-state index >= 15 is 0 Å². The third-order valence-electron chi connectivity index (χ3n) is 11.0. The first-order valence-electron chi connectivity index (χ1n) is 19.8. The number of carbonyl (C=O) groups excluding carboxylic acids is 4. The quantitative estimate of drug-likeness (QED) is 0.203. The molecule has 0 spiro atoms. The minimum Gasteiger partial charge on any atom is -0.456 e. The van der Waals surface area contributed by atoms with Crippen molar-refractivity contribution in [3.05, 3.63) is 119 Å². The highest BCUT2D eigenvalue weighted by molar-refractivity contribution is 7.90. The molecule has 0 unspecified atom stereocenters.